The number of nitrogens with zero attached hydrogens (tertiary/aromatic N) is 1. The van der Waals surface area contributed by atoms with Gasteiger partial charge in [0.05, 0.1) is 19.3 Å². The van der Waals surface area contributed by atoms with Crippen molar-refractivity contribution in [2.24, 2.45) is 0 Å². The summed E-state index contributed by atoms with van der Waals surface area (Å²) in [6.45, 7) is 8.65. The maximum absolute atomic E-state index is 5.09. The molecule has 1 heterocycles. The lowest BCUT2D eigenvalue weighted by atomic mass is 10.2. The summed E-state index contributed by atoms with van der Waals surface area (Å²) in [5.41, 5.74) is 0. The summed E-state index contributed by atoms with van der Waals surface area (Å²) in [6, 6.07) is 1.31. The van der Waals surface area contributed by atoms with E-state index in [0.29, 0.717) is 12.1 Å². The molecule has 0 aromatic rings. The molecular formula is C11H24N2O. The lowest BCUT2D eigenvalue weighted by Gasteiger charge is -2.27. The van der Waals surface area contributed by atoms with Gasteiger partial charge in [0, 0.05) is 6.04 Å². The van der Waals surface area contributed by atoms with Gasteiger partial charge in [-0.05, 0) is 46.8 Å². The predicted molar refractivity (Wildman–Crippen MR) is 59.6 cm³/mol. The summed E-state index contributed by atoms with van der Waals surface area (Å²) < 4.78 is 5.09. The molecule has 0 saturated carbocycles. The molecule has 1 rings (SSSR count). The van der Waals surface area contributed by atoms with E-state index in [0.717, 1.165) is 19.8 Å². The van der Waals surface area contributed by atoms with Gasteiger partial charge in [0.15, 0.2) is 0 Å². The van der Waals surface area contributed by atoms with Crippen LogP contribution in [-0.2, 0) is 4.74 Å². The van der Waals surface area contributed by atoms with Gasteiger partial charge in [-0.2, -0.15) is 0 Å². The minimum atomic E-state index is 0.637. The first kappa shape index (κ1) is 12.0. The van der Waals surface area contributed by atoms with E-state index in [1.807, 2.05) is 0 Å². The molecule has 0 aromatic carbocycles. The van der Waals surface area contributed by atoms with Gasteiger partial charge in [-0.15, -0.1) is 0 Å². The van der Waals surface area contributed by atoms with E-state index in [1.165, 1.54) is 19.4 Å². The van der Waals surface area contributed by atoms with Crippen LogP contribution in [-0.4, -0.2) is 50.3 Å². The molecule has 0 radical (unpaired) electrons. The third-order valence-electron chi connectivity index (χ3n) is 2.89. The van der Waals surface area contributed by atoms with E-state index >= 15 is 0 Å². The van der Waals surface area contributed by atoms with Crippen molar-refractivity contribution in [3.05, 3.63) is 0 Å². The highest BCUT2D eigenvalue weighted by atomic mass is 16.5. The molecule has 1 fully saturated rings. The molecule has 0 atom stereocenters. The van der Waals surface area contributed by atoms with E-state index in [1.54, 1.807) is 0 Å². The van der Waals surface area contributed by atoms with Crippen LogP contribution in [0.4, 0.5) is 0 Å². The molecule has 1 saturated heterocycles. The Bertz CT molecular complexity index is 146. The summed E-state index contributed by atoms with van der Waals surface area (Å²) in [5, 5.41) is 3.48. The smallest absolute Gasteiger partial charge is 0.0643 e. The Morgan fingerprint density at radius 1 is 1.36 bits per heavy atom. The second-order valence-corrected chi connectivity index (χ2v) is 4.47. The van der Waals surface area contributed by atoms with E-state index in [-0.39, 0.29) is 0 Å². The topological polar surface area (TPSA) is 24.5 Å². The average molecular weight is 200 g/mol. The molecule has 84 valence electrons. The molecular weight excluding hydrogens is 176 g/mol. The third-order valence-corrected chi connectivity index (χ3v) is 2.89. The van der Waals surface area contributed by atoms with Crippen molar-refractivity contribution < 1.29 is 4.74 Å². The number of hydrogen-bond donors (Lipinski definition) is 1. The highest BCUT2D eigenvalue weighted by Crippen LogP contribution is 2.01. The molecule has 0 aromatic heterocycles. The van der Waals surface area contributed by atoms with Crippen molar-refractivity contribution in [3.8, 4) is 0 Å². The zero-order chi connectivity index (χ0) is 10.4. The molecule has 1 N–H and O–H groups in total. The quantitative estimate of drug-likeness (QED) is 0.623. The molecule has 14 heavy (non-hydrogen) atoms. The second kappa shape index (κ2) is 6.38. The first-order chi connectivity index (χ1) is 6.70. The summed E-state index contributed by atoms with van der Waals surface area (Å²) in [4.78, 5) is 2.40. The number of ether oxygens (including phenoxy) is 1. The highest BCUT2D eigenvalue weighted by Gasteiger charge is 2.16. The van der Waals surface area contributed by atoms with Crippen LogP contribution in [0.1, 0.15) is 26.7 Å². The van der Waals surface area contributed by atoms with E-state index in [4.69, 9.17) is 4.74 Å². The number of unbranched alkanes of at least 4 members (excludes halogenated alkanes) is 1. The molecule has 0 aliphatic carbocycles. The van der Waals surface area contributed by atoms with E-state index in [2.05, 4.69) is 31.1 Å². The van der Waals surface area contributed by atoms with Gasteiger partial charge < -0.3 is 15.0 Å². The van der Waals surface area contributed by atoms with Crippen LogP contribution in [0.5, 0.6) is 0 Å². The lowest BCUT2D eigenvalue weighted by Crippen LogP contribution is -2.46. The highest BCUT2D eigenvalue weighted by molar-refractivity contribution is 4.72. The van der Waals surface area contributed by atoms with Gasteiger partial charge in [-0.1, -0.05) is 0 Å². The Morgan fingerprint density at radius 3 is 2.57 bits per heavy atom. The van der Waals surface area contributed by atoms with Gasteiger partial charge in [0.25, 0.3) is 0 Å². The number of nitrogens with one attached hydrogen (secondary N) is 1. The van der Waals surface area contributed by atoms with Crippen LogP contribution in [0.15, 0.2) is 0 Å². The number of rotatable bonds is 7. The Morgan fingerprint density at radius 2 is 2.07 bits per heavy atom. The second-order valence-electron chi connectivity index (χ2n) is 4.47. The minimum absolute atomic E-state index is 0.637. The van der Waals surface area contributed by atoms with Crippen LogP contribution < -0.4 is 5.32 Å². The zero-order valence-corrected chi connectivity index (χ0v) is 9.75. The van der Waals surface area contributed by atoms with Gasteiger partial charge in [0.2, 0.25) is 0 Å². The molecule has 1 aliphatic rings. The molecule has 0 spiro atoms. The third kappa shape index (κ3) is 4.40. The Labute approximate surface area is 87.8 Å². The Kier molecular flexibility index (Phi) is 5.45. The first-order valence-electron chi connectivity index (χ1n) is 5.71. The summed E-state index contributed by atoms with van der Waals surface area (Å²) in [6.07, 6.45) is 2.56. The summed E-state index contributed by atoms with van der Waals surface area (Å²) in [7, 11) is 2.19. The van der Waals surface area contributed by atoms with Crippen LogP contribution >= 0.6 is 0 Å². The predicted octanol–water partition coefficient (Wildman–Crippen LogP) is 1.10. The zero-order valence-electron chi connectivity index (χ0n) is 9.75. The van der Waals surface area contributed by atoms with Gasteiger partial charge in [-0.25, -0.2) is 0 Å². The largest absolute Gasteiger partial charge is 0.378 e. The fraction of sp³-hybridized carbons (Fsp3) is 1.00. The summed E-state index contributed by atoms with van der Waals surface area (Å²) in [5.74, 6) is 0. The molecule has 0 unspecified atom stereocenters. The fourth-order valence-corrected chi connectivity index (χ4v) is 1.40. The first-order valence-corrected chi connectivity index (χ1v) is 5.71. The fourth-order valence-electron chi connectivity index (χ4n) is 1.40. The van der Waals surface area contributed by atoms with Gasteiger partial charge in [0.1, 0.15) is 0 Å². The van der Waals surface area contributed by atoms with E-state index < -0.39 is 0 Å². The minimum Gasteiger partial charge on any atom is -0.378 e. The van der Waals surface area contributed by atoms with Crippen molar-refractivity contribution >= 4 is 0 Å². The van der Waals surface area contributed by atoms with Crippen molar-refractivity contribution in [2.75, 3.05) is 33.4 Å². The van der Waals surface area contributed by atoms with Gasteiger partial charge >= 0.3 is 0 Å². The number of hydrogen-bond acceptors (Lipinski definition) is 3. The average Bonchev–Trinajstić information content (AvgIpc) is 2.07. The van der Waals surface area contributed by atoms with Crippen LogP contribution in [0.25, 0.3) is 0 Å². The Balaban J connectivity index is 1.83. The molecule has 3 nitrogen and oxygen atoms in total. The van der Waals surface area contributed by atoms with Crippen molar-refractivity contribution in [1.82, 2.24) is 10.2 Å². The molecule has 0 bridgehead atoms. The van der Waals surface area contributed by atoms with Crippen molar-refractivity contribution in [2.45, 2.75) is 38.8 Å². The van der Waals surface area contributed by atoms with Crippen molar-refractivity contribution in [3.63, 3.8) is 0 Å². The van der Waals surface area contributed by atoms with Crippen LogP contribution in [0.3, 0.4) is 0 Å². The van der Waals surface area contributed by atoms with Crippen LogP contribution in [0, 0.1) is 0 Å². The SMILES string of the molecule is CC(C)N(C)CCCCNC1COC1. The summed E-state index contributed by atoms with van der Waals surface area (Å²) >= 11 is 0. The van der Waals surface area contributed by atoms with E-state index in [9.17, 15) is 0 Å². The maximum Gasteiger partial charge on any atom is 0.0643 e. The standard InChI is InChI=1S/C11H24N2O/c1-10(2)13(3)7-5-4-6-12-11-8-14-9-11/h10-12H,4-9H2,1-3H3. The molecule has 3 heteroatoms. The maximum atomic E-state index is 5.09. The van der Waals surface area contributed by atoms with Gasteiger partial charge in [-0.3, -0.25) is 0 Å². The molecule has 1 aliphatic heterocycles. The Hall–Kier alpha value is -0.120. The monoisotopic (exact) mass is 200 g/mol. The lowest BCUT2D eigenvalue weighted by molar-refractivity contribution is -0.00501. The normalized spacial score (nSPS) is 17.8. The molecule has 0 amide bonds. The van der Waals surface area contributed by atoms with Crippen LogP contribution in [0.2, 0.25) is 0 Å². The van der Waals surface area contributed by atoms with Crippen molar-refractivity contribution in [1.29, 1.82) is 0 Å².